The van der Waals surface area contributed by atoms with Crippen molar-refractivity contribution in [3.05, 3.63) is 48.3 Å². The Kier molecular flexibility index (Phi) is 4.98. The average molecular weight is 286 g/mol. The lowest BCUT2D eigenvalue weighted by molar-refractivity contribution is -0.122. The van der Waals surface area contributed by atoms with E-state index in [9.17, 15) is 4.79 Å². The number of hydrogen-bond donors (Lipinski definition) is 2. The summed E-state index contributed by atoms with van der Waals surface area (Å²) in [5.41, 5.74) is 1.77. The van der Waals surface area contributed by atoms with E-state index >= 15 is 0 Å². The molecule has 1 amide bonds. The minimum Gasteiger partial charge on any atom is -0.368 e. The molecule has 1 heterocycles. The molecular weight excluding hydrogens is 264 g/mol. The van der Waals surface area contributed by atoms with Crippen molar-refractivity contribution in [1.82, 2.24) is 15.1 Å². The molecular formula is C16H22N4O. The zero-order chi connectivity index (χ0) is 15.2. The van der Waals surface area contributed by atoms with Crippen LogP contribution in [0.5, 0.6) is 0 Å². The Bertz CT molecular complexity index is 577. The molecule has 112 valence electrons. The summed E-state index contributed by atoms with van der Waals surface area (Å²) < 4.78 is 1.82. The van der Waals surface area contributed by atoms with Crippen LogP contribution in [0.3, 0.4) is 0 Å². The molecule has 0 spiro atoms. The summed E-state index contributed by atoms with van der Waals surface area (Å²) >= 11 is 0. The van der Waals surface area contributed by atoms with Crippen LogP contribution in [0.15, 0.2) is 42.7 Å². The van der Waals surface area contributed by atoms with Crippen molar-refractivity contribution in [3.63, 3.8) is 0 Å². The van der Waals surface area contributed by atoms with Crippen LogP contribution in [-0.4, -0.2) is 21.7 Å². The lowest BCUT2D eigenvalue weighted by Gasteiger charge is -2.20. The fourth-order valence-corrected chi connectivity index (χ4v) is 2.09. The zero-order valence-corrected chi connectivity index (χ0v) is 12.7. The molecule has 0 aliphatic heterocycles. The molecule has 5 heteroatoms. The van der Waals surface area contributed by atoms with Crippen molar-refractivity contribution in [2.75, 3.05) is 5.32 Å². The molecule has 1 atom stereocenters. The molecule has 0 aliphatic carbocycles. The Balaban J connectivity index is 2.21. The summed E-state index contributed by atoms with van der Waals surface area (Å²) in [4.78, 5) is 12.4. The number of nitrogens with one attached hydrogen (secondary N) is 2. The number of aryl methyl sites for hydroxylation is 1. The molecule has 5 nitrogen and oxygen atoms in total. The van der Waals surface area contributed by atoms with E-state index in [1.807, 2.05) is 62.0 Å². The van der Waals surface area contributed by atoms with E-state index in [4.69, 9.17) is 0 Å². The van der Waals surface area contributed by atoms with Crippen molar-refractivity contribution < 1.29 is 4.79 Å². The van der Waals surface area contributed by atoms with E-state index in [2.05, 4.69) is 15.7 Å². The number of anilines is 1. The van der Waals surface area contributed by atoms with Gasteiger partial charge in [-0.25, -0.2) is 0 Å². The highest BCUT2D eigenvalue weighted by Gasteiger charge is 2.21. The predicted molar refractivity (Wildman–Crippen MR) is 84.0 cm³/mol. The number of hydrogen-bond acceptors (Lipinski definition) is 3. The standard InChI is InChI=1S/C16H22N4O/c1-4-20-11-14(10-17-20)19-15(16(21)18-12(2)3)13-8-6-5-7-9-13/h5-12,15,19H,4H2,1-3H3,(H,18,21)/t15-/m1/s1. The first-order valence-electron chi connectivity index (χ1n) is 7.24. The highest BCUT2D eigenvalue weighted by Crippen LogP contribution is 2.19. The lowest BCUT2D eigenvalue weighted by Crippen LogP contribution is -2.37. The van der Waals surface area contributed by atoms with Crippen LogP contribution in [-0.2, 0) is 11.3 Å². The number of carbonyl (C=O) groups excluding carboxylic acids is 1. The van der Waals surface area contributed by atoms with Gasteiger partial charge in [-0.1, -0.05) is 30.3 Å². The second-order valence-electron chi connectivity index (χ2n) is 5.24. The SMILES string of the molecule is CCn1cc(N[C@@H](C(=O)NC(C)C)c2ccccc2)cn1. The predicted octanol–water partition coefficient (Wildman–Crippen LogP) is 2.58. The molecule has 2 rings (SSSR count). The topological polar surface area (TPSA) is 59.0 Å². The average Bonchev–Trinajstić information content (AvgIpc) is 2.92. The van der Waals surface area contributed by atoms with Crippen LogP contribution in [0.1, 0.15) is 32.4 Å². The number of amides is 1. The summed E-state index contributed by atoms with van der Waals surface area (Å²) in [7, 11) is 0. The monoisotopic (exact) mass is 286 g/mol. The van der Waals surface area contributed by atoms with Crippen LogP contribution in [0.4, 0.5) is 5.69 Å². The number of benzene rings is 1. The van der Waals surface area contributed by atoms with Crippen molar-refractivity contribution in [2.24, 2.45) is 0 Å². The summed E-state index contributed by atoms with van der Waals surface area (Å²) in [6, 6.07) is 9.37. The first kappa shape index (κ1) is 15.1. The smallest absolute Gasteiger partial charge is 0.247 e. The summed E-state index contributed by atoms with van der Waals surface area (Å²) in [5, 5.41) is 10.4. The van der Waals surface area contributed by atoms with Crippen molar-refractivity contribution >= 4 is 11.6 Å². The van der Waals surface area contributed by atoms with Gasteiger partial charge in [0.25, 0.3) is 0 Å². The number of rotatable bonds is 6. The van der Waals surface area contributed by atoms with Crippen molar-refractivity contribution in [3.8, 4) is 0 Å². The number of aromatic nitrogens is 2. The normalized spacial score (nSPS) is 12.2. The molecule has 0 saturated carbocycles. The van der Waals surface area contributed by atoms with Gasteiger partial charge in [0.1, 0.15) is 6.04 Å². The molecule has 0 bridgehead atoms. The summed E-state index contributed by atoms with van der Waals surface area (Å²) in [6.45, 7) is 6.73. The van der Waals surface area contributed by atoms with Gasteiger partial charge >= 0.3 is 0 Å². The van der Waals surface area contributed by atoms with E-state index in [1.54, 1.807) is 6.20 Å². The third kappa shape index (κ3) is 4.08. The van der Waals surface area contributed by atoms with Gasteiger partial charge in [-0.15, -0.1) is 0 Å². The summed E-state index contributed by atoms with van der Waals surface area (Å²) in [6.07, 6.45) is 3.64. The minimum absolute atomic E-state index is 0.0413. The van der Waals surface area contributed by atoms with Gasteiger partial charge in [-0.2, -0.15) is 5.10 Å². The first-order valence-corrected chi connectivity index (χ1v) is 7.24. The molecule has 1 aromatic carbocycles. The van der Waals surface area contributed by atoms with Crippen molar-refractivity contribution in [1.29, 1.82) is 0 Å². The quantitative estimate of drug-likeness (QED) is 0.858. The van der Waals surface area contributed by atoms with Crippen LogP contribution in [0.25, 0.3) is 0 Å². The number of nitrogens with zero attached hydrogens (tertiary/aromatic N) is 2. The highest BCUT2D eigenvalue weighted by molar-refractivity contribution is 5.86. The van der Waals surface area contributed by atoms with Gasteiger partial charge in [0.15, 0.2) is 0 Å². The Labute approximate surface area is 125 Å². The zero-order valence-electron chi connectivity index (χ0n) is 12.7. The Hall–Kier alpha value is -2.30. The fourth-order valence-electron chi connectivity index (χ4n) is 2.09. The van der Waals surface area contributed by atoms with Gasteiger partial charge in [-0.05, 0) is 26.3 Å². The van der Waals surface area contributed by atoms with E-state index in [0.717, 1.165) is 17.8 Å². The maximum absolute atomic E-state index is 12.4. The van der Waals surface area contributed by atoms with E-state index in [-0.39, 0.29) is 11.9 Å². The molecule has 1 aromatic heterocycles. The van der Waals surface area contributed by atoms with Crippen LogP contribution < -0.4 is 10.6 Å². The highest BCUT2D eigenvalue weighted by atomic mass is 16.2. The largest absolute Gasteiger partial charge is 0.368 e. The summed E-state index contributed by atoms with van der Waals surface area (Å²) in [5.74, 6) is -0.0413. The Morgan fingerprint density at radius 1 is 1.29 bits per heavy atom. The second-order valence-corrected chi connectivity index (χ2v) is 5.24. The number of carbonyl (C=O) groups is 1. The third-order valence-electron chi connectivity index (χ3n) is 3.09. The second kappa shape index (κ2) is 6.92. The molecule has 0 fully saturated rings. The van der Waals surface area contributed by atoms with Gasteiger partial charge in [0.2, 0.25) is 5.91 Å². The van der Waals surface area contributed by atoms with E-state index in [1.165, 1.54) is 0 Å². The minimum atomic E-state index is -0.428. The van der Waals surface area contributed by atoms with Crippen molar-refractivity contribution in [2.45, 2.75) is 39.4 Å². The third-order valence-corrected chi connectivity index (χ3v) is 3.09. The van der Waals surface area contributed by atoms with Gasteiger partial charge in [0, 0.05) is 18.8 Å². The van der Waals surface area contributed by atoms with E-state index < -0.39 is 6.04 Å². The Morgan fingerprint density at radius 3 is 2.57 bits per heavy atom. The molecule has 0 radical (unpaired) electrons. The first-order chi connectivity index (χ1) is 10.1. The van der Waals surface area contributed by atoms with Gasteiger partial charge < -0.3 is 10.6 Å². The Morgan fingerprint density at radius 2 is 2.00 bits per heavy atom. The molecule has 0 saturated heterocycles. The molecule has 2 N–H and O–H groups in total. The van der Waals surface area contributed by atoms with Crippen LogP contribution >= 0.6 is 0 Å². The van der Waals surface area contributed by atoms with Crippen LogP contribution in [0, 0.1) is 0 Å². The van der Waals surface area contributed by atoms with E-state index in [0.29, 0.717) is 0 Å². The molecule has 21 heavy (non-hydrogen) atoms. The molecule has 0 aliphatic rings. The van der Waals surface area contributed by atoms with Crippen LogP contribution in [0.2, 0.25) is 0 Å². The molecule has 2 aromatic rings. The molecule has 0 unspecified atom stereocenters. The maximum atomic E-state index is 12.4. The lowest BCUT2D eigenvalue weighted by atomic mass is 10.1. The van der Waals surface area contributed by atoms with Gasteiger partial charge in [0.05, 0.1) is 11.9 Å². The van der Waals surface area contributed by atoms with Gasteiger partial charge in [-0.3, -0.25) is 9.48 Å². The maximum Gasteiger partial charge on any atom is 0.247 e. The fraction of sp³-hybridized carbons (Fsp3) is 0.375.